The van der Waals surface area contributed by atoms with Crippen molar-refractivity contribution >= 4 is 21.7 Å². The van der Waals surface area contributed by atoms with Crippen LogP contribution in [0.3, 0.4) is 0 Å². The van der Waals surface area contributed by atoms with Crippen LogP contribution in [0.5, 0.6) is 0 Å². The summed E-state index contributed by atoms with van der Waals surface area (Å²) in [6, 6.07) is 8.32. The van der Waals surface area contributed by atoms with Crippen LogP contribution in [0.15, 0.2) is 48.5 Å². The monoisotopic (exact) mass is 355 g/mol. The number of rotatable bonds is 6. The van der Waals surface area contributed by atoms with E-state index in [1.54, 1.807) is 0 Å². The van der Waals surface area contributed by atoms with E-state index >= 15 is 0 Å². The fourth-order valence-corrected chi connectivity index (χ4v) is 3.46. The van der Waals surface area contributed by atoms with Gasteiger partial charge in [-0.3, -0.25) is 4.31 Å². The normalized spacial score (nSPS) is 12.6. The summed E-state index contributed by atoms with van der Waals surface area (Å²) in [6.45, 7) is 0. The molecule has 2 rings (SSSR count). The highest BCUT2D eigenvalue weighted by Gasteiger charge is 2.33. The lowest BCUT2D eigenvalue weighted by molar-refractivity contribution is -0.138. The Hall–Kier alpha value is -2.48. The number of halogens is 2. The number of anilines is 1. The maximum atomic E-state index is 13.8. The second-order valence-corrected chi connectivity index (χ2v) is 7.04. The maximum Gasteiger partial charge on any atom is 0.327 e. The molecular weight excluding hydrogens is 340 g/mol. The molecule has 2 aromatic rings. The Balaban J connectivity index is 2.49. The van der Waals surface area contributed by atoms with Crippen molar-refractivity contribution in [2.24, 2.45) is 0 Å². The Morgan fingerprint density at radius 2 is 1.71 bits per heavy atom. The third kappa shape index (κ3) is 4.08. The van der Waals surface area contributed by atoms with Crippen LogP contribution in [0.1, 0.15) is 5.56 Å². The summed E-state index contributed by atoms with van der Waals surface area (Å²) in [4.78, 5) is 11.6. The van der Waals surface area contributed by atoms with Gasteiger partial charge in [0.15, 0.2) is 0 Å². The topological polar surface area (TPSA) is 74.7 Å². The van der Waals surface area contributed by atoms with Crippen molar-refractivity contribution in [1.29, 1.82) is 0 Å². The van der Waals surface area contributed by atoms with Gasteiger partial charge >= 0.3 is 5.97 Å². The summed E-state index contributed by atoms with van der Waals surface area (Å²) in [5, 5.41) is 9.47. The zero-order valence-corrected chi connectivity index (χ0v) is 13.5. The summed E-state index contributed by atoms with van der Waals surface area (Å²) in [5.74, 6) is -2.66. The Labute approximate surface area is 138 Å². The fourth-order valence-electron chi connectivity index (χ4n) is 2.33. The summed E-state index contributed by atoms with van der Waals surface area (Å²) >= 11 is 0. The lowest BCUT2D eigenvalue weighted by Gasteiger charge is -2.29. The van der Waals surface area contributed by atoms with Crippen molar-refractivity contribution in [1.82, 2.24) is 0 Å². The minimum atomic E-state index is -4.00. The van der Waals surface area contributed by atoms with E-state index in [1.807, 2.05) is 0 Å². The number of hydrogen-bond donors (Lipinski definition) is 1. The molecule has 2 aromatic carbocycles. The highest BCUT2D eigenvalue weighted by molar-refractivity contribution is 7.92. The molecule has 0 fully saturated rings. The second-order valence-electron chi connectivity index (χ2n) is 5.18. The van der Waals surface area contributed by atoms with Crippen LogP contribution < -0.4 is 4.31 Å². The van der Waals surface area contributed by atoms with E-state index in [9.17, 15) is 27.1 Å². The van der Waals surface area contributed by atoms with E-state index in [4.69, 9.17) is 0 Å². The number of carbonyl (C=O) groups is 1. The van der Waals surface area contributed by atoms with E-state index in [0.29, 0.717) is 4.31 Å². The number of carboxylic acid groups (broad SMARTS) is 1. The number of hydrogen-bond acceptors (Lipinski definition) is 3. The average Bonchev–Trinajstić information content (AvgIpc) is 2.49. The summed E-state index contributed by atoms with van der Waals surface area (Å²) in [7, 11) is -4.00. The molecule has 0 bridgehead atoms. The van der Waals surface area contributed by atoms with Crippen LogP contribution in [-0.2, 0) is 21.2 Å². The molecule has 128 valence electrons. The van der Waals surface area contributed by atoms with E-state index in [-0.39, 0.29) is 17.7 Å². The molecule has 0 unspecified atom stereocenters. The predicted octanol–water partition coefficient (Wildman–Crippen LogP) is 2.43. The van der Waals surface area contributed by atoms with Gasteiger partial charge < -0.3 is 5.11 Å². The minimum Gasteiger partial charge on any atom is -0.480 e. The first-order chi connectivity index (χ1) is 11.2. The van der Waals surface area contributed by atoms with Crippen LogP contribution in [0, 0.1) is 11.6 Å². The van der Waals surface area contributed by atoms with Crippen LogP contribution in [0.4, 0.5) is 14.5 Å². The third-order valence-electron chi connectivity index (χ3n) is 3.38. The van der Waals surface area contributed by atoms with Gasteiger partial charge in [-0.25, -0.2) is 22.0 Å². The standard InChI is InChI=1S/C16H15F2NO4S/c1-24(22,23)19(13-8-6-12(17)7-9-13)15(16(20)21)10-11-4-2-3-5-14(11)18/h2-9,15H,10H2,1H3,(H,20,21)/t15-/m0/s1. The maximum absolute atomic E-state index is 13.8. The molecule has 0 aromatic heterocycles. The Bertz CT molecular complexity index is 837. The summed E-state index contributed by atoms with van der Waals surface area (Å²) in [6.07, 6.45) is 0.472. The zero-order chi connectivity index (χ0) is 17.9. The second kappa shape index (κ2) is 6.96. The molecule has 1 N–H and O–H groups in total. The third-order valence-corrected chi connectivity index (χ3v) is 4.56. The SMILES string of the molecule is CS(=O)(=O)N(c1ccc(F)cc1)[C@@H](Cc1ccccc1F)C(=O)O. The van der Waals surface area contributed by atoms with Gasteiger partial charge in [-0.1, -0.05) is 18.2 Å². The van der Waals surface area contributed by atoms with Gasteiger partial charge in [0, 0.05) is 6.42 Å². The Morgan fingerprint density at radius 1 is 1.12 bits per heavy atom. The number of benzene rings is 2. The molecule has 0 saturated carbocycles. The molecule has 5 nitrogen and oxygen atoms in total. The molecule has 0 spiro atoms. The van der Waals surface area contributed by atoms with Crippen molar-refractivity contribution < 1.29 is 27.1 Å². The van der Waals surface area contributed by atoms with Crippen molar-refractivity contribution in [2.45, 2.75) is 12.5 Å². The number of sulfonamides is 1. The van der Waals surface area contributed by atoms with E-state index in [2.05, 4.69) is 0 Å². The Morgan fingerprint density at radius 3 is 2.21 bits per heavy atom. The van der Waals surface area contributed by atoms with Gasteiger partial charge in [0.05, 0.1) is 11.9 Å². The minimum absolute atomic E-state index is 0.0114. The first-order valence-electron chi connectivity index (χ1n) is 6.91. The zero-order valence-electron chi connectivity index (χ0n) is 12.7. The number of carboxylic acids is 1. The highest BCUT2D eigenvalue weighted by Crippen LogP contribution is 2.24. The molecule has 0 aliphatic rings. The van der Waals surface area contributed by atoms with E-state index in [1.165, 1.54) is 18.2 Å². The van der Waals surface area contributed by atoms with Gasteiger partial charge in [-0.05, 0) is 35.9 Å². The molecule has 8 heteroatoms. The lowest BCUT2D eigenvalue weighted by Crippen LogP contribution is -2.46. The van der Waals surface area contributed by atoms with E-state index in [0.717, 1.165) is 36.6 Å². The molecule has 1 atom stereocenters. The first-order valence-corrected chi connectivity index (χ1v) is 8.76. The number of nitrogens with zero attached hydrogens (tertiary/aromatic N) is 1. The van der Waals surface area contributed by atoms with Gasteiger partial charge in [0.2, 0.25) is 10.0 Å². The van der Waals surface area contributed by atoms with Crippen molar-refractivity contribution in [3.8, 4) is 0 Å². The summed E-state index contributed by atoms with van der Waals surface area (Å²) in [5.41, 5.74) is 0.0586. The van der Waals surface area contributed by atoms with Crippen molar-refractivity contribution in [3.05, 3.63) is 65.7 Å². The summed E-state index contributed by atoms with van der Waals surface area (Å²) < 4.78 is 51.8. The molecule has 24 heavy (non-hydrogen) atoms. The average molecular weight is 355 g/mol. The van der Waals surface area contributed by atoms with Gasteiger partial charge in [-0.2, -0.15) is 0 Å². The van der Waals surface area contributed by atoms with Crippen molar-refractivity contribution in [2.75, 3.05) is 10.6 Å². The Kier molecular flexibility index (Phi) is 5.18. The van der Waals surface area contributed by atoms with E-state index < -0.39 is 33.7 Å². The fraction of sp³-hybridized carbons (Fsp3) is 0.188. The quantitative estimate of drug-likeness (QED) is 0.864. The molecule has 0 heterocycles. The van der Waals surface area contributed by atoms with Crippen LogP contribution in [-0.4, -0.2) is 31.8 Å². The van der Waals surface area contributed by atoms with Crippen LogP contribution >= 0.6 is 0 Å². The molecule has 0 aliphatic carbocycles. The van der Waals surface area contributed by atoms with Crippen molar-refractivity contribution in [3.63, 3.8) is 0 Å². The molecule has 0 saturated heterocycles. The lowest BCUT2D eigenvalue weighted by atomic mass is 10.0. The largest absolute Gasteiger partial charge is 0.480 e. The smallest absolute Gasteiger partial charge is 0.327 e. The molecule has 0 aliphatic heterocycles. The highest BCUT2D eigenvalue weighted by atomic mass is 32.2. The van der Waals surface area contributed by atoms with Gasteiger partial charge in [0.25, 0.3) is 0 Å². The number of aliphatic carboxylic acids is 1. The molecule has 0 radical (unpaired) electrons. The van der Waals surface area contributed by atoms with Crippen LogP contribution in [0.2, 0.25) is 0 Å². The molecular formula is C16H15F2NO4S. The predicted molar refractivity (Wildman–Crippen MR) is 85.3 cm³/mol. The van der Waals surface area contributed by atoms with Gasteiger partial charge in [-0.15, -0.1) is 0 Å². The van der Waals surface area contributed by atoms with Crippen LogP contribution in [0.25, 0.3) is 0 Å². The van der Waals surface area contributed by atoms with Gasteiger partial charge in [0.1, 0.15) is 17.7 Å². The molecule has 0 amide bonds. The first kappa shape index (κ1) is 17.9.